The average molecular weight is 319 g/mol. The van der Waals surface area contributed by atoms with Gasteiger partial charge in [0.25, 0.3) is 11.6 Å². The zero-order valence-electron chi connectivity index (χ0n) is 11.2. The maximum absolute atomic E-state index is 11.7. The fourth-order valence-corrected chi connectivity index (χ4v) is 2.43. The summed E-state index contributed by atoms with van der Waals surface area (Å²) >= 11 is 5.80. The number of β-lactam (4-membered cyclic amide) rings is 1. The van der Waals surface area contributed by atoms with Crippen molar-refractivity contribution >= 4 is 23.2 Å². The van der Waals surface area contributed by atoms with Gasteiger partial charge in [-0.3, -0.25) is 14.9 Å². The van der Waals surface area contributed by atoms with Gasteiger partial charge in [-0.05, 0) is 30.3 Å². The Kier molecular flexibility index (Phi) is 3.68. The van der Waals surface area contributed by atoms with Crippen LogP contribution in [0.25, 0.3) is 0 Å². The van der Waals surface area contributed by atoms with Crippen molar-refractivity contribution in [3.63, 3.8) is 0 Å². The summed E-state index contributed by atoms with van der Waals surface area (Å²) in [5.41, 5.74) is 0.378. The van der Waals surface area contributed by atoms with E-state index in [1.807, 2.05) is 0 Å². The van der Waals surface area contributed by atoms with Crippen LogP contribution in [-0.2, 0) is 4.79 Å². The molecule has 1 N–H and O–H groups in total. The molecule has 22 heavy (non-hydrogen) atoms. The number of ether oxygens (including phenoxy) is 1. The van der Waals surface area contributed by atoms with E-state index in [1.54, 1.807) is 42.5 Å². The predicted octanol–water partition coefficient (Wildman–Crippen LogP) is 2.87. The minimum absolute atomic E-state index is 0.0443. The summed E-state index contributed by atoms with van der Waals surface area (Å²) in [6.07, 6.45) is -0.803. The van der Waals surface area contributed by atoms with Gasteiger partial charge >= 0.3 is 0 Å². The zero-order valence-corrected chi connectivity index (χ0v) is 12.0. The van der Waals surface area contributed by atoms with Crippen LogP contribution in [0.1, 0.15) is 11.6 Å². The summed E-state index contributed by atoms with van der Waals surface area (Å²) in [5, 5.41) is 14.3. The van der Waals surface area contributed by atoms with Crippen molar-refractivity contribution in [3.05, 3.63) is 69.2 Å². The summed E-state index contributed by atoms with van der Waals surface area (Å²) in [5.74, 6) is 0.172. The summed E-state index contributed by atoms with van der Waals surface area (Å²) in [6.45, 7) is 0. The number of rotatable bonds is 4. The van der Waals surface area contributed by atoms with Gasteiger partial charge < -0.3 is 10.1 Å². The molecule has 7 heteroatoms. The van der Waals surface area contributed by atoms with E-state index in [2.05, 4.69) is 5.32 Å². The second kappa shape index (κ2) is 5.65. The largest absolute Gasteiger partial charge is 0.478 e. The molecule has 0 aromatic heterocycles. The number of hydrogen-bond acceptors (Lipinski definition) is 4. The number of nitrogens with one attached hydrogen (secondary N) is 1. The monoisotopic (exact) mass is 318 g/mol. The van der Waals surface area contributed by atoms with Crippen LogP contribution in [0.2, 0.25) is 5.02 Å². The van der Waals surface area contributed by atoms with E-state index in [0.29, 0.717) is 16.3 Å². The Hall–Kier alpha value is -2.60. The molecule has 0 bridgehead atoms. The summed E-state index contributed by atoms with van der Waals surface area (Å²) in [6, 6.07) is 12.3. The molecule has 1 saturated heterocycles. The van der Waals surface area contributed by atoms with Crippen LogP contribution in [0.3, 0.4) is 0 Å². The van der Waals surface area contributed by atoms with E-state index in [1.165, 1.54) is 6.07 Å². The van der Waals surface area contributed by atoms with Crippen LogP contribution in [0.15, 0.2) is 48.5 Å². The summed E-state index contributed by atoms with van der Waals surface area (Å²) < 4.78 is 5.63. The van der Waals surface area contributed by atoms with Crippen molar-refractivity contribution in [1.29, 1.82) is 0 Å². The third-order valence-corrected chi connectivity index (χ3v) is 3.66. The second-order valence-electron chi connectivity index (χ2n) is 4.79. The van der Waals surface area contributed by atoms with Crippen molar-refractivity contribution in [2.45, 2.75) is 12.1 Å². The molecule has 2 aromatic rings. The third kappa shape index (κ3) is 2.60. The molecule has 0 spiro atoms. The molecule has 1 amide bonds. The van der Waals surface area contributed by atoms with Crippen LogP contribution >= 0.6 is 11.6 Å². The molecule has 0 radical (unpaired) electrons. The third-order valence-electron chi connectivity index (χ3n) is 3.40. The molecule has 0 saturated carbocycles. The molecule has 112 valence electrons. The predicted molar refractivity (Wildman–Crippen MR) is 79.8 cm³/mol. The van der Waals surface area contributed by atoms with Crippen molar-refractivity contribution in [2.24, 2.45) is 0 Å². The lowest BCUT2D eigenvalue weighted by Crippen LogP contribution is -2.58. The first-order chi connectivity index (χ1) is 10.6. The number of nitrogens with zero attached hydrogens (tertiary/aromatic N) is 1. The highest BCUT2D eigenvalue weighted by Crippen LogP contribution is 2.34. The highest BCUT2D eigenvalue weighted by molar-refractivity contribution is 6.30. The van der Waals surface area contributed by atoms with E-state index in [4.69, 9.17) is 16.3 Å². The molecular formula is C15H11ClN2O4. The zero-order chi connectivity index (χ0) is 15.7. The molecule has 1 heterocycles. The lowest BCUT2D eigenvalue weighted by atomic mass is 9.92. The minimum atomic E-state index is -0.803. The normalized spacial score (nSPS) is 20.0. The number of carbonyl (C=O) groups is 1. The van der Waals surface area contributed by atoms with E-state index < -0.39 is 17.1 Å². The van der Waals surface area contributed by atoms with Gasteiger partial charge in [-0.15, -0.1) is 0 Å². The van der Waals surface area contributed by atoms with Crippen LogP contribution < -0.4 is 10.1 Å². The lowest BCUT2D eigenvalue weighted by Gasteiger charge is -2.36. The van der Waals surface area contributed by atoms with Crippen molar-refractivity contribution < 1.29 is 14.5 Å². The van der Waals surface area contributed by atoms with E-state index in [-0.39, 0.29) is 11.6 Å². The number of para-hydroxylation sites is 1. The molecule has 1 aliphatic heterocycles. The van der Waals surface area contributed by atoms with Crippen LogP contribution in [-0.4, -0.2) is 16.9 Å². The Bertz CT molecular complexity index is 733. The summed E-state index contributed by atoms with van der Waals surface area (Å²) in [4.78, 5) is 22.3. The van der Waals surface area contributed by atoms with E-state index >= 15 is 0 Å². The van der Waals surface area contributed by atoms with Crippen LogP contribution in [0.4, 0.5) is 5.69 Å². The first-order valence-corrected chi connectivity index (χ1v) is 6.90. The number of nitro benzene ring substituents is 1. The van der Waals surface area contributed by atoms with E-state index in [9.17, 15) is 14.9 Å². The van der Waals surface area contributed by atoms with Crippen molar-refractivity contribution in [3.8, 4) is 5.75 Å². The minimum Gasteiger partial charge on any atom is -0.478 e. The van der Waals surface area contributed by atoms with Gasteiger partial charge in [-0.2, -0.15) is 0 Å². The lowest BCUT2D eigenvalue weighted by molar-refractivity contribution is -0.386. The Balaban J connectivity index is 1.85. The Morgan fingerprint density at radius 1 is 1.14 bits per heavy atom. The number of amides is 1. The topological polar surface area (TPSA) is 81.5 Å². The van der Waals surface area contributed by atoms with Gasteiger partial charge in [0, 0.05) is 11.1 Å². The second-order valence-corrected chi connectivity index (χ2v) is 5.23. The molecule has 1 aliphatic rings. The average Bonchev–Trinajstić information content (AvgIpc) is 2.52. The quantitative estimate of drug-likeness (QED) is 0.534. The maximum Gasteiger partial charge on any atom is 0.274 e. The fourth-order valence-electron chi connectivity index (χ4n) is 2.31. The molecule has 2 atom stereocenters. The van der Waals surface area contributed by atoms with Crippen LogP contribution in [0.5, 0.6) is 5.75 Å². The standard InChI is InChI=1S/C15H11ClN2O4/c16-9-5-7-10(8-6-9)22-14-13(17-15(14)19)11-3-1-2-4-12(11)18(20)21/h1-8,13-14H,(H,17,19)/t13-,14+/m1/s1. The maximum atomic E-state index is 11.7. The molecule has 0 aliphatic carbocycles. The van der Waals surface area contributed by atoms with E-state index in [0.717, 1.165) is 0 Å². The van der Waals surface area contributed by atoms with Gasteiger partial charge in [-0.1, -0.05) is 23.7 Å². The first kappa shape index (κ1) is 14.3. The van der Waals surface area contributed by atoms with Gasteiger partial charge in [-0.25, -0.2) is 0 Å². The van der Waals surface area contributed by atoms with Crippen molar-refractivity contribution in [2.75, 3.05) is 0 Å². The van der Waals surface area contributed by atoms with Crippen LogP contribution in [0, 0.1) is 10.1 Å². The smallest absolute Gasteiger partial charge is 0.274 e. The Morgan fingerprint density at radius 2 is 1.82 bits per heavy atom. The molecule has 2 aromatic carbocycles. The molecule has 0 unspecified atom stereocenters. The first-order valence-electron chi connectivity index (χ1n) is 6.52. The number of benzene rings is 2. The Morgan fingerprint density at radius 3 is 2.45 bits per heavy atom. The molecule has 3 rings (SSSR count). The fraction of sp³-hybridized carbons (Fsp3) is 0.133. The van der Waals surface area contributed by atoms with Gasteiger partial charge in [0.15, 0.2) is 0 Å². The summed E-state index contributed by atoms with van der Waals surface area (Å²) in [7, 11) is 0. The SMILES string of the molecule is O=C1N[C@H](c2ccccc2[N+](=O)[O-])[C@@H]1Oc1ccc(Cl)cc1. The number of hydrogen-bond donors (Lipinski definition) is 1. The van der Waals surface area contributed by atoms with Crippen molar-refractivity contribution in [1.82, 2.24) is 5.32 Å². The number of carbonyl (C=O) groups excluding carboxylic acids is 1. The number of nitro groups is 1. The molecule has 1 fully saturated rings. The Labute approximate surface area is 130 Å². The van der Waals surface area contributed by atoms with Gasteiger partial charge in [0.1, 0.15) is 11.8 Å². The number of halogens is 1. The molecule has 6 nitrogen and oxygen atoms in total. The molecular weight excluding hydrogens is 308 g/mol. The highest BCUT2D eigenvalue weighted by Gasteiger charge is 2.45. The highest BCUT2D eigenvalue weighted by atomic mass is 35.5. The van der Waals surface area contributed by atoms with Gasteiger partial charge in [0.2, 0.25) is 6.10 Å². The van der Waals surface area contributed by atoms with Gasteiger partial charge in [0.05, 0.1) is 10.5 Å².